The number of ether oxygens (including phenoxy) is 2. The van der Waals surface area contributed by atoms with Crippen LogP contribution in [0.1, 0.15) is 47.1 Å². The van der Waals surface area contributed by atoms with Crippen molar-refractivity contribution >= 4 is 34.6 Å². The van der Waals surface area contributed by atoms with Crippen LogP contribution >= 0.6 is 0 Å². The van der Waals surface area contributed by atoms with Crippen LogP contribution in [0.5, 0.6) is 0 Å². The monoisotopic (exact) mass is 413 g/mol. The van der Waals surface area contributed by atoms with Crippen LogP contribution in [0.2, 0.25) is 0 Å². The number of amides is 1. The van der Waals surface area contributed by atoms with Crippen molar-refractivity contribution in [1.29, 1.82) is 0 Å². The lowest BCUT2D eigenvalue weighted by molar-refractivity contribution is -0.116. The smallest absolute Gasteiger partial charge is 0.420 e. The molecule has 0 radical (unpaired) electrons. The lowest BCUT2D eigenvalue weighted by atomic mass is 10.0. The lowest BCUT2D eigenvalue weighted by Gasteiger charge is -2.29. The van der Waals surface area contributed by atoms with Gasteiger partial charge in [0.05, 0.1) is 13.1 Å². The minimum atomic E-state index is -0.670. The molecule has 30 heavy (non-hydrogen) atoms. The van der Waals surface area contributed by atoms with Crippen molar-refractivity contribution in [3.05, 3.63) is 36.2 Å². The van der Waals surface area contributed by atoms with Gasteiger partial charge in [-0.2, -0.15) is 0 Å². The van der Waals surface area contributed by atoms with Crippen molar-refractivity contribution in [2.24, 2.45) is 0 Å². The highest BCUT2D eigenvalue weighted by molar-refractivity contribution is 6.06. The molecule has 1 aliphatic heterocycles. The predicted octanol–water partition coefficient (Wildman–Crippen LogP) is 4.02. The Bertz CT molecular complexity index is 1040. The maximum atomic E-state index is 12.7. The third-order valence-electron chi connectivity index (χ3n) is 4.19. The first-order valence-corrected chi connectivity index (χ1v) is 9.75. The van der Waals surface area contributed by atoms with Crippen molar-refractivity contribution in [3.8, 4) is 0 Å². The zero-order chi connectivity index (χ0) is 22.3. The highest BCUT2D eigenvalue weighted by atomic mass is 16.6. The minimum absolute atomic E-state index is 0.0542. The first kappa shape index (κ1) is 21.5. The summed E-state index contributed by atoms with van der Waals surface area (Å²) in [7, 11) is 0. The molecule has 0 saturated carbocycles. The Kier molecular flexibility index (Phi) is 5.45. The predicted molar refractivity (Wildman–Crippen MR) is 112 cm³/mol. The third-order valence-corrected chi connectivity index (χ3v) is 4.19. The van der Waals surface area contributed by atoms with E-state index in [0.717, 1.165) is 0 Å². The summed E-state index contributed by atoms with van der Waals surface area (Å²) >= 11 is 0. The summed E-state index contributed by atoms with van der Waals surface area (Å²) in [6.07, 6.45) is 3.56. The minimum Gasteiger partial charge on any atom is -0.444 e. The number of fused-ring (bicyclic) bond motifs is 1. The van der Waals surface area contributed by atoms with Gasteiger partial charge in [-0.1, -0.05) is 0 Å². The van der Waals surface area contributed by atoms with Gasteiger partial charge in [-0.3, -0.25) is 9.69 Å². The molecule has 0 spiro atoms. The van der Waals surface area contributed by atoms with Gasteiger partial charge in [-0.15, -0.1) is 0 Å². The van der Waals surface area contributed by atoms with Gasteiger partial charge in [0.1, 0.15) is 16.8 Å². The normalized spacial score (nSPS) is 15.2. The molecule has 2 aromatic rings. The molecule has 3 heterocycles. The average Bonchev–Trinajstić information content (AvgIpc) is 2.98. The number of hydrogen-bond donors (Lipinski definition) is 0. The second-order valence-electron chi connectivity index (χ2n) is 9.24. The number of rotatable bonds is 1. The molecule has 0 unspecified atom stereocenters. The van der Waals surface area contributed by atoms with Gasteiger partial charge in [0.25, 0.3) is 0 Å². The first-order valence-electron chi connectivity index (χ1n) is 9.75. The molecule has 160 valence electrons. The van der Waals surface area contributed by atoms with Crippen LogP contribution in [0.3, 0.4) is 0 Å². The average molecular weight is 413 g/mol. The SMILES string of the molecule is CC(C)(C)OC(=O)N1CC(=O)C=C(c2cn(C(=O)OC(C)(C)C)c3ncccc23)C1. The van der Waals surface area contributed by atoms with Gasteiger partial charge >= 0.3 is 12.2 Å². The van der Waals surface area contributed by atoms with E-state index in [1.807, 2.05) is 6.07 Å². The molecule has 0 bridgehead atoms. The molecule has 8 nitrogen and oxygen atoms in total. The van der Waals surface area contributed by atoms with E-state index in [4.69, 9.17) is 9.47 Å². The van der Waals surface area contributed by atoms with Crippen LogP contribution in [0, 0.1) is 0 Å². The summed E-state index contributed by atoms with van der Waals surface area (Å²) in [6, 6.07) is 3.57. The van der Waals surface area contributed by atoms with Crippen LogP contribution in [0.25, 0.3) is 16.6 Å². The number of pyridine rings is 1. The van der Waals surface area contributed by atoms with Crippen LogP contribution in [0.15, 0.2) is 30.6 Å². The second kappa shape index (κ2) is 7.59. The molecule has 1 amide bonds. The Morgan fingerprint density at radius 3 is 2.27 bits per heavy atom. The molecule has 2 aromatic heterocycles. The van der Waals surface area contributed by atoms with Crippen molar-refractivity contribution < 1.29 is 23.9 Å². The van der Waals surface area contributed by atoms with Crippen molar-refractivity contribution in [3.63, 3.8) is 0 Å². The lowest BCUT2D eigenvalue weighted by Crippen LogP contribution is -2.42. The van der Waals surface area contributed by atoms with Gasteiger partial charge < -0.3 is 9.47 Å². The standard InChI is InChI=1S/C22H27N3O5/c1-21(2,3)29-19(27)24-11-14(10-15(26)12-24)17-13-25(20(28)30-22(4,5)6)18-16(17)8-7-9-23-18/h7-10,13H,11-12H2,1-6H3. The molecular weight excluding hydrogens is 386 g/mol. The van der Waals surface area contributed by atoms with Crippen LogP contribution in [0.4, 0.5) is 9.59 Å². The van der Waals surface area contributed by atoms with E-state index < -0.39 is 23.4 Å². The van der Waals surface area contributed by atoms with Gasteiger partial charge in [0.2, 0.25) is 0 Å². The molecule has 0 saturated heterocycles. The van der Waals surface area contributed by atoms with Crippen molar-refractivity contribution in [2.75, 3.05) is 13.1 Å². The quantitative estimate of drug-likeness (QED) is 0.701. The van der Waals surface area contributed by atoms with Gasteiger partial charge in [0.15, 0.2) is 5.78 Å². The van der Waals surface area contributed by atoms with E-state index in [2.05, 4.69) is 4.98 Å². The topological polar surface area (TPSA) is 90.7 Å². The number of aromatic nitrogens is 2. The summed E-state index contributed by atoms with van der Waals surface area (Å²) in [5.41, 5.74) is 0.335. The zero-order valence-corrected chi connectivity index (χ0v) is 18.2. The van der Waals surface area contributed by atoms with E-state index in [9.17, 15) is 14.4 Å². The summed E-state index contributed by atoms with van der Waals surface area (Å²) in [5, 5.41) is 0.688. The second-order valence-corrected chi connectivity index (χ2v) is 9.24. The van der Waals surface area contributed by atoms with E-state index in [-0.39, 0.29) is 18.9 Å². The summed E-state index contributed by atoms with van der Waals surface area (Å²) < 4.78 is 12.2. The molecule has 8 heteroatoms. The maximum Gasteiger partial charge on any atom is 0.420 e. The van der Waals surface area contributed by atoms with Crippen molar-refractivity contribution in [1.82, 2.24) is 14.5 Å². The molecule has 1 aliphatic rings. The highest BCUT2D eigenvalue weighted by Gasteiger charge is 2.30. The molecule has 0 aliphatic carbocycles. The summed E-state index contributed by atoms with van der Waals surface area (Å²) in [6.45, 7) is 10.8. The number of carbonyl (C=O) groups is 3. The number of nitrogens with zero attached hydrogens (tertiary/aromatic N) is 3. The van der Waals surface area contributed by atoms with E-state index in [1.165, 1.54) is 15.5 Å². The number of carbonyl (C=O) groups excluding carboxylic acids is 3. The highest BCUT2D eigenvalue weighted by Crippen LogP contribution is 2.29. The Balaban J connectivity index is 1.99. The fourth-order valence-corrected chi connectivity index (χ4v) is 3.12. The van der Waals surface area contributed by atoms with Crippen LogP contribution in [-0.4, -0.2) is 56.7 Å². The van der Waals surface area contributed by atoms with E-state index in [1.54, 1.807) is 60.0 Å². The van der Waals surface area contributed by atoms with Crippen LogP contribution in [-0.2, 0) is 14.3 Å². The van der Waals surface area contributed by atoms with Gasteiger partial charge in [-0.05, 0) is 65.3 Å². The van der Waals surface area contributed by atoms with Crippen molar-refractivity contribution in [2.45, 2.75) is 52.7 Å². The van der Waals surface area contributed by atoms with E-state index in [0.29, 0.717) is 22.2 Å². The largest absolute Gasteiger partial charge is 0.444 e. The number of ketones is 1. The Hall–Kier alpha value is -3.16. The fourth-order valence-electron chi connectivity index (χ4n) is 3.12. The summed E-state index contributed by atoms with van der Waals surface area (Å²) in [4.78, 5) is 43.2. The molecule has 3 rings (SSSR count). The molecule has 0 N–H and O–H groups in total. The molecular formula is C22H27N3O5. The van der Waals surface area contributed by atoms with Gasteiger partial charge in [0, 0.05) is 23.3 Å². The molecule has 0 aromatic carbocycles. The Morgan fingerprint density at radius 1 is 1.00 bits per heavy atom. The fraction of sp³-hybridized carbons (Fsp3) is 0.455. The van der Waals surface area contributed by atoms with Crippen LogP contribution < -0.4 is 0 Å². The van der Waals surface area contributed by atoms with E-state index >= 15 is 0 Å². The molecule has 0 atom stereocenters. The Morgan fingerprint density at radius 2 is 1.63 bits per heavy atom. The first-order chi connectivity index (χ1) is 13.8. The summed E-state index contributed by atoms with van der Waals surface area (Å²) in [5.74, 6) is -0.218. The Labute approximate surface area is 175 Å². The molecule has 0 fully saturated rings. The van der Waals surface area contributed by atoms with Gasteiger partial charge in [-0.25, -0.2) is 19.1 Å². The number of hydrogen-bond acceptors (Lipinski definition) is 6. The zero-order valence-electron chi connectivity index (χ0n) is 18.2. The third kappa shape index (κ3) is 4.87. The maximum absolute atomic E-state index is 12.7.